The van der Waals surface area contributed by atoms with Crippen LogP contribution in [-0.4, -0.2) is 43.0 Å². The molecule has 0 amide bonds. The minimum absolute atomic E-state index is 0.263. The number of hydrogen-bond donors (Lipinski definition) is 0. The van der Waals surface area contributed by atoms with Gasteiger partial charge in [-0.1, -0.05) is 0 Å². The molecule has 0 N–H and O–H groups in total. The van der Waals surface area contributed by atoms with Crippen LogP contribution in [0.15, 0.2) is 6.07 Å². The molecule has 0 bridgehead atoms. The number of nitrogens with zero attached hydrogens (tertiary/aromatic N) is 2. The van der Waals surface area contributed by atoms with Crippen molar-refractivity contribution < 1.29 is 19.0 Å². The first-order chi connectivity index (χ1) is 8.19. The Bertz CT molecular complexity index is 364. The minimum Gasteiger partial charge on any atom is -0.481 e. The van der Waals surface area contributed by atoms with Crippen molar-refractivity contribution in [3.8, 4) is 11.8 Å². The van der Waals surface area contributed by atoms with Gasteiger partial charge < -0.3 is 14.2 Å². The van der Waals surface area contributed by atoms with E-state index in [1.54, 1.807) is 6.07 Å². The molecule has 0 aromatic carbocycles. The van der Waals surface area contributed by atoms with Crippen molar-refractivity contribution in [1.82, 2.24) is 9.97 Å². The summed E-state index contributed by atoms with van der Waals surface area (Å²) in [4.78, 5) is 19.2. The van der Waals surface area contributed by atoms with Gasteiger partial charge in [0, 0.05) is 0 Å². The average molecular weight is 258 g/mol. The molecule has 0 saturated heterocycles. The Morgan fingerprint density at radius 3 is 2.29 bits per heavy atom. The van der Waals surface area contributed by atoms with Crippen molar-refractivity contribution in [3.63, 3.8) is 0 Å². The first-order valence-corrected chi connectivity index (χ1v) is 5.95. The van der Waals surface area contributed by atoms with Crippen LogP contribution >= 0.6 is 11.8 Å². The number of aromatic nitrogens is 2. The lowest BCUT2D eigenvalue weighted by Gasteiger charge is -2.05. The second kappa shape index (κ2) is 6.95. The average Bonchev–Trinajstić information content (AvgIpc) is 2.37. The van der Waals surface area contributed by atoms with E-state index in [2.05, 4.69) is 14.7 Å². The van der Waals surface area contributed by atoms with Gasteiger partial charge in [-0.2, -0.15) is 9.97 Å². The lowest BCUT2D eigenvalue weighted by atomic mass is 10.5. The van der Waals surface area contributed by atoms with E-state index in [-0.39, 0.29) is 11.7 Å². The zero-order chi connectivity index (χ0) is 12.7. The highest BCUT2D eigenvalue weighted by Crippen LogP contribution is 2.17. The largest absolute Gasteiger partial charge is 0.481 e. The molecule has 0 fully saturated rings. The predicted molar refractivity (Wildman–Crippen MR) is 63.3 cm³/mol. The molecule has 0 atom stereocenters. The summed E-state index contributed by atoms with van der Waals surface area (Å²) >= 11 is 1.37. The van der Waals surface area contributed by atoms with E-state index in [1.165, 1.54) is 33.1 Å². The summed E-state index contributed by atoms with van der Waals surface area (Å²) in [5, 5.41) is 0. The summed E-state index contributed by atoms with van der Waals surface area (Å²) in [6, 6.07) is 1.59. The normalized spacial score (nSPS) is 9.82. The van der Waals surface area contributed by atoms with Crippen LogP contribution in [-0.2, 0) is 15.3 Å². The van der Waals surface area contributed by atoms with E-state index < -0.39 is 0 Å². The van der Waals surface area contributed by atoms with Crippen LogP contribution in [0.25, 0.3) is 0 Å². The third-order valence-corrected chi connectivity index (χ3v) is 2.72. The summed E-state index contributed by atoms with van der Waals surface area (Å²) in [6.07, 6.45) is 0. The molecule has 0 aliphatic heterocycles. The monoisotopic (exact) mass is 258 g/mol. The van der Waals surface area contributed by atoms with Gasteiger partial charge in [0.15, 0.2) is 0 Å². The van der Waals surface area contributed by atoms with Crippen molar-refractivity contribution in [1.29, 1.82) is 0 Å². The number of carbonyl (C=O) groups excluding carboxylic acids is 1. The quantitative estimate of drug-likeness (QED) is 0.702. The van der Waals surface area contributed by atoms with Gasteiger partial charge in [-0.15, -0.1) is 11.8 Å². The SMILES string of the molecule is COC(=O)CSCc1nc(OC)cc(OC)n1. The fraction of sp³-hybridized carbons (Fsp3) is 0.500. The first kappa shape index (κ1) is 13.6. The van der Waals surface area contributed by atoms with Crippen molar-refractivity contribution in [2.45, 2.75) is 5.75 Å². The third-order valence-electron chi connectivity index (χ3n) is 1.82. The maximum atomic E-state index is 10.9. The number of esters is 1. The molecular formula is C10H14N2O4S. The van der Waals surface area contributed by atoms with Gasteiger partial charge in [-0.25, -0.2) is 0 Å². The minimum atomic E-state index is -0.273. The van der Waals surface area contributed by atoms with Gasteiger partial charge in [0.05, 0.1) is 38.9 Å². The van der Waals surface area contributed by atoms with Crippen LogP contribution < -0.4 is 9.47 Å². The van der Waals surface area contributed by atoms with E-state index in [9.17, 15) is 4.79 Å². The van der Waals surface area contributed by atoms with Crippen LogP contribution in [0, 0.1) is 0 Å². The van der Waals surface area contributed by atoms with Crippen molar-refractivity contribution in [2.75, 3.05) is 27.1 Å². The summed E-state index contributed by atoms with van der Waals surface area (Å²) in [6.45, 7) is 0. The highest BCUT2D eigenvalue weighted by molar-refractivity contribution is 7.99. The number of carbonyl (C=O) groups is 1. The van der Waals surface area contributed by atoms with E-state index >= 15 is 0 Å². The molecular weight excluding hydrogens is 244 g/mol. The third kappa shape index (κ3) is 4.48. The van der Waals surface area contributed by atoms with Crippen LogP contribution in [0.2, 0.25) is 0 Å². The van der Waals surface area contributed by atoms with Gasteiger partial charge in [-0.05, 0) is 0 Å². The summed E-state index contributed by atoms with van der Waals surface area (Å²) in [7, 11) is 4.40. The first-order valence-electron chi connectivity index (χ1n) is 4.80. The van der Waals surface area contributed by atoms with E-state index in [0.29, 0.717) is 23.3 Å². The van der Waals surface area contributed by atoms with Gasteiger partial charge in [0.2, 0.25) is 11.8 Å². The number of ether oxygens (including phenoxy) is 3. The zero-order valence-electron chi connectivity index (χ0n) is 9.93. The van der Waals surface area contributed by atoms with Crippen LogP contribution in [0.3, 0.4) is 0 Å². The molecule has 0 saturated carbocycles. The van der Waals surface area contributed by atoms with Crippen molar-refractivity contribution >= 4 is 17.7 Å². The van der Waals surface area contributed by atoms with E-state index in [1.807, 2.05) is 0 Å². The molecule has 1 rings (SSSR count). The molecule has 1 heterocycles. The molecule has 94 valence electrons. The van der Waals surface area contributed by atoms with Crippen molar-refractivity contribution in [2.24, 2.45) is 0 Å². The molecule has 1 aromatic rings. The molecule has 7 heteroatoms. The fourth-order valence-electron chi connectivity index (χ4n) is 1.01. The van der Waals surface area contributed by atoms with E-state index in [4.69, 9.17) is 9.47 Å². The second-order valence-corrected chi connectivity index (χ2v) is 3.92. The number of methoxy groups -OCH3 is 3. The van der Waals surface area contributed by atoms with Crippen molar-refractivity contribution in [3.05, 3.63) is 11.9 Å². The maximum Gasteiger partial charge on any atom is 0.315 e. The highest BCUT2D eigenvalue weighted by atomic mass is 32.2. The van der Waals surface area contributed by atoms with Gasteiger partial charge in [0.25, 0.3) is 0 Å². The molecule has 6 nitrogen and oxygen atoms in total. The Labute approximate surface area is 104 Å². The molecule has 0 unspecified atom stereocenters. The molecule has 0 aliphatic carbocycles. The van der Waals surface area contributed by atoms with E-state index in [0.717, 1.165) is 0 Å². The number of hydrogen-bond acceptors (Lipinski definition) is 7. The number of thioether (sulfide) groups is 1. The van der Waals surface area contributed by atoms with Crippen LogP contribution in [0.1, 0.15) is 5.82 Å². The summed E-state index contributed by atoms with van der Waals surface area (Å²) in [5.41, 5.74) is 0. The Morgan fingerprint density at radius 1 is 1.24 bits per heavy atom. The Balaban J connectivity index is 2.60. The fourth-order valence-corrected chi connectivity index (χ4v) is 1.71. The molecule has 1 aromatic heterocycles. The molecule has 17 heavy (non-hydrogen) atoms. The Kier molecular flexibility index (Phi) is 5.55. The van der Waals surface area contributed by atoms with Crippen LogP contribution in [0.4, 0.5) is 0 Å². The highest BCUT2D eigenvalue weighted by Gasteiger charge is 2.07. The Morgan fingerprint density at radius 2 is 1.82 bits per heavy atom. The summed E-state index contributed by atoms with van der Waals surface area (Å²) < 4.78 is 14.6. The lowest BCUT2D eigenvalue weighted by molar-refractivity contribution is -0.137. The summed E-state index contributed by atoms with van der Waals surface area (Å²) in [5.74, 6) is 1.90. The lowest BCUT2D eigenvalue weighted by Crippen LogP contribution is -2.05. The topological polar surface area (TPSA) is 70.5 Å². The van der Waals surface area contributed by atoms with Crippen LogP contribution in [0.5, 0.6) is 11.8 Å². The standard InChI is InChI=1S/C10H14N2O4S/c1-14-8-4-9(15-2)12-7(11-8)5-17-6-10(13)16-3/h4H,5-6H2,1-3H3. The molecule has 0 spiro atoms. The smallest absolute Gasteiger partial charge is 0.315 e. The molecule has 0 radical (unpaired) electrons. The number of rotatable bonds is 6. The molecule has 0 aliphatic rings. The second-order valence-electron chi connectivity index (χ2n) is 2.94. The van der Waals surface area contributed by atoms with Gasteiger partial charge in [0.1, 0.15) is 5.82 Å². The Hall–Kier alpha value is -1.50. The van der Waals surface area contributed by atoms with Gasteiger partial charge in [-0.3, -0.25) is 4.79 Å². The zero-order valence-corrected chi connectivity index (χ0v) is 10.7. The maximum absolute atomic E-state index is 10.9. The predicted octanol–water partition coefficient (Wildman–Crippen LogP) is 0.900. The van der Waals surface area contributed by atoms with Gasteiger partial charge >= 0.3 is 5.97 Å².